The Morgan fingerprint density at radius 3 is 2.65 bits per heavy atom. The maximum atomic E-state index is 14.3. The number of anilines is 2. The van der Waals surface area contributed by atoms with E-state index in [-0.39, 0.29) is 22.7 Å². The molecule has 0 bridgehead atoms. The number of halogens is 3. The number of hydrogen-bond donors (Lipinski definition) is 1. The lowest BCUT2D eigenvalue weighted by Gasteiger charge is -2.36. The summed E-state index contributed by atoms with van der Waals surface area (Å²) in [5.41, 5.74) is -0.278. The Kier molecular flexibility index (Phi) is 3.89. The average molecular weight is 460 g/mol. The summed E-state index contributed by atoms with van der Waals surface area (Å²) >= 11 is 12.3. The quantitative estimate of drug-likeness (QED) is 0.661. The van der Waals surface area contributed by atoms with Crippen molar-refractivity contribution in [1.29, 1.82) is 0 Å². The molecule has 3 amide bonds. The molecule has 4 heterocycles. The summed E-state index contributed by atoms with van der Waals surface area (Å²) in [6.45, 7) is 0.559. The van der Waals surface area contributed by atoms with Gasteiger partial charge in [0.05, 0.1) is 22.5 Å². The van der Waals surface area contributed by atoms with Crippen LogP contribution in [-0.4, -0.2) is 35.2 Å². The number of nitrogens with one attached hydrogen (secondary N) is 1. The van der Waals surface area contributed by atoms with Crippen LogP contribution in [0.2, 0.25) is 10.0 Å². The van der Waals surface area contributed by atoms with E-state index in [9.17, 15) is 18.8 Å². The van der Waals surface area contributed by atoms with Gasteiger partial charge in [0.2, 0.25) is 17.7 Å². The van der Waals surface area contributed by atoms with Gasteiger partial charge in [0, 0.05) is 22.3 Å². The summed E-state index contributed by atoms with van der Waals surface area (Å²) in [5, 5.41) is 3.37. The highest BCUT2D eigenvalue weighted by Crippen LogP contribution is 2.61. The molecule has 0 aliphatic carbocycles. The van der Waals surface area contributed by atoms with Crippen molar-refractivity contribution < 1.29 is 18.8 Å². The minimum absolute atomic E-state index is 0.175. The van der Waals surface area contributed by atoms with Gasteiger partial charge in [0.25, 0.3) is 0 Å². The van der Waals surface area contributed by atoms with Crippen molar-refractivity contribution in [1.82, 2.24) is 4.90 Å². The number of carbonyl (C=O) groups is 3. The van der Waals surface area contributed by atoms with E-state index in [1.807, 2.05) is 4.90 Å². The smallest absolute Gasteiger partial charge is 0.250 e. The second kappa shape index (κ2) is 6.28. The standard InChI is InChI=1S/C22H16Cl2FN3O3/c23-10-3-6-15(13(24)8-10)28-19(29)17-16-2-1-7-27(16)22(18(17)20(28)30)12-9-11(25)4-5-14(12)26-21(22)31/h3-6,8-9,16-18H,1-2,7H2,(H,26,31)/t16-,17+,18-,22-/m0/s1. The zero-order valence-electron chi connectivity index (χ0n) is 16.1. The van der Waals surface area contributed by atoms with Gasteiger partial charge in [-0.25, -0.2) is 9.29 Å². The SMILES string of the molecule is O=C1[C@H]2[C@@H](C(=O)N1c1ccc(Cl)cc1Cl)[C@@]1(C(=O)Nc3ccc(F)cc31)N1CCC[C@@H]21. The summed E-state index contributed by atoms with van der Waals surface area (Å²) in [6.07, 6.45) is 1.47. The molecule has 1 spiro atoms. The second-order valence-corrected chi connectivity index (χ2v) is 9.27. The number of fused-ring (bicyclic) bond motifs is 7. The minimum Gasteiger partial charge on any atom is -0.324 e. The number of hydrogen-bond acceptors (Lipinski definition) is 4. The monoisotopic (exact) mass is 459 g/mol. The molecule has 2 aromatic rings. The Bertz CT molecular complexity index is 1200. The van der Waals surface area contributed by atoms with E-state index in [4.69, 9.17) is 23.2 Å². The highest BCUT2D eigenvalue weighted by molar-refractivity contribution is 6.38. The molecule has 6 rings (SSSR count). The predicted molar refractivity (Wildman–Crippen MR) is 112 cm³/mol. The molecule has 4 aliphatic heterocycles. The molecule has 2 aromatic carbocycles. The van der Waals surface area contributed by atoms with E-state index in [2.05, 4.69) is 5.32 Å². The fraction of sp³-hybridized carbons (Fsp3) is 0.318. The van der Waals surface area contributed by atoms with Crippen molar-refractivity contribution in [3.63, 3.8) is 0 Å². The Labute approximate surface area is 186 Å². The van der Waals surface area contributed by atoms with Gasteiger partial charge in [-0.05, 0) is 55.8 Å². The van der Waals surface area contributed by atoms with Gasteiger partial charge >= 0.3 is 0 Å². The average Bonchev–Trinajstić information content (AvgIpc) is 3.42. The summed E-state index contributed by atoms with van der Waals surface area (Å²) in [7, 11) is 0. The van der Waals surface area contributed by atoms with Crippen LogP contribution >= 0.6 is 23.2 Å². The molecule has 158 valence electrons. The van der Waals surface area contributed by atoms with Crippen molar-refractivity contribution in [2.75, 3.05) is 16.8 Å². The van der Waals surface area contributed by atoms with E-state index in [0.29, 0.717) is 29.2 Å². The first kappa shape index (κ1) is 19.2. The predicted octanol–water partition coefficient (Wildman–Crippen LogP) is 3.56. The van der Waals surface area contributed by atoms with Crippen LogP contribution < -0.4 is 10.2 Å². The first-order valence-electron chi connectivity index (χ1n) is 10.1. The lowest BCUT2D eigenvalue weighted by atomic mass is 9.75. The largest absolute Gasteiger partial charge is 0.324 e. The van der Waals surface area contributed by atoms with Gasteiger partial charge < -0.3 is 5.32 Å². The summed E-state index contributed by atoms with van der Waals surface area (Å²) in [5.74, 6) is -3.44. The molecule has 3 saturated heterocycles. The van der Waals surface area contributed by atoms with Crippen molar-refractivity contribution in [2.24, 2.45) is 11.8 Å². The Hall–Kier alpha value is -2.48. The number of carbonyl (C=O) groups excluding carboxylic acids is 3. The van der Waals surface area contributed by atoms with E-state index in [0.717, 1.165) is 11.3 Å². The maximum absolute atomic E-state index is 14.3. The van der Waals surface area contributed by atoms with Crippen LogP contribution in [0.3, 0.4) is 0 Å². The van der Waals surface area contributed by atoms with E-state index < -0.39 is 35.0 Å². The molecule has 3 fully saturated rings. The fourth-order valence-corrected chi connectivity index (χ4v) is 6.57. The van der Waals surface area contributed by atoms with Crippen molar-refractivity contribution in [2.45, 2.75) is 24.4 Å². The maximum Gasteiger partial charge on any atom is 0.250 e. The zero-order valence-corrected chi connectivity index (χ0v) is 17.6. The molecule has 31 heavy (non-hydrogen) atoms. The van der Waals surface area contributed by atoms with Crippen molar-refractivity contribution >= 4 is 52.3 Å². The van der Waals surface area contributed by atoms with E-state index in [1.165, 1.54) is 30.3 Å². The van der Waals surface area contributed by atoms with Crippen LogP contribution in [0, 0.1) is 17.7 Å². The fourth-order valence-electron chi connectivity index (χ4n) is 6.08. The molecule has 0 saturated carbocycles. The number of nitrogens with zero attached hydrogens (tertiary/aromatic N) is 2. The Morgan fingerprint density at radius 1 is 1.06 bits per heavy atom. The third-order valence-electron chi connectivity index (χ3n) is 7.11. The molecular weight excluding hydrogens is 444 g/mol. The number of imide groups is 1. The molecule has 0 aromatic heterocycles. The third-order valence-corrected chi connectivity index (χ3v) is 7.64. The first-order valence-corrected chi connectivity index (χ1v) is 10.8. The summed E-state index contributed by atoms with van der Waals surface area (Å²) in [6, 6.07) is 8.36. The molecule has 4 atom stereocenters. The van der Waals surface area contributed by atoms with Crippen LogP contribution in [0.4, 0.5) is 15.8 Å². The van der Waals surface area contributed by atoms with Gasteiger partial charge in [0.15, 0.2) is 0 Å². The van der Waals surface area contributed by atoms with Crippen LogP contribution in [-0.2, 0) is 19.9 Å². The van der Waals surface area contributed by atoms with E-state index in [1.54, 1.807) is 6.07 Å². The normalized spacial score (nSPS) is 31.4. The molecule has 1 N–H and O–H groups in total. The molecule has 0 radical (unpaired) electrons. The molecule has 0 unspecified atom stereocenters. The van der Waals surface area contributed by atoms with Crippen LogP contribution in [0.5, 0.6) is 0 Å². The zero-order chi connectivity index (χ0) is 21.7. The third kappa shape index (κ3) is 2.24. The van der Waals surface area contributed by atoms with Crippen molar-refractivity contribution in [3.05, 3.63) is 57.8 Å². The van der Waals surface area contributed by atoms with Crippen molar-refractivity contribution in [3.8, 4) is 0 Å². The highest BCUT2D eigenvalue weighted by atomic mass is 35.5. The first-order chi connectivity index (χ1) is 14.9. The van der Waals surface area contributed by atoms with Crippen LogP contribution in [0.25, 0.3) is 0 Å². The molecule has 6 nitrogen and oxygen atoms in total. The lowest BCUT2D eigenvalue weighted by Crippen LogP contribution is -2.54. The van der Waals surface area contributed by atoms with Gasteiger partial charge in [-0.1, -0.05) is 23.2 Å². The summed E-state index contributed by atoms with van der Waals surface area (Å²) in [4.78, 5) is 43.8. The molecule has 4 aliphatic rings. The highest BCUT2D eigenvalue weighted by Gasteiger charge is 2.74. The van der Waals surface area contributed by atoms with Crippen LogP contribution in [0.15, 0.2) is 36.4 Å². The number of rotatable bonds is 1. The number of benzene rings is 2. The minimum atomic E-state index is -1.41. The van der Waals surface area contributed by atoms with E-state index >= 15 is 0 Å². The molecule has 9 heteroatoms. The lowest BCUT2D eigenvalue weighted by molar-refractivity contribution is -0.135. The Balaban J connectivity index is 1.57. The summed E-state index contributed by atoms with van der Waals surface area (Å²) < 4.78 is 14.3. The number of amides is 3. The van der Waals surface area contributed by atoms with Gasteiger partial charge in [-0.2, -0.15) is 0 Å². The Morgan fingerprint density at radius 2 is 1.87 bits per heavy atom. The second-order valence-electron chi connectivity index (χ2n) is 8.42. The topological polar surface area (TPSA) is 69.7 Å². The molecular formula is C22H16Cl2FN3O3. The van der Waals surface area contributed by atoms with Gasteiger partial charge in [-0.3, -0.25) is 19.3 Å². The van der Waals surface area contributed by atoms with Gasteiger partial charge in [0.1, 0.15) is 11.4 Å². The van der Waals surface area contributed by atoms with Crippen LogP contribution in [0.1, 0.15) is 18.4 Å². The van der Waals surface area contributed by atoms with Gasteiger partial charge in [-0.15, -0.1) is 0 Å².